The third kappa shape index (κ3) is 6.83. The fourth-order valence-electron chi connectivity index (χ4n) is 0.334. The molecule has 1 unspecified atom stereocenters. The highest BCUT2D eigenvalue weighted by molar-refractivity contribution is 9.06. The van der Waals surface area contributed by atoms with Crippen LogP contribution in [-0.2, 0) is 0 Å². The van der Waals surface area contributed by atoms with Crippen LogP contribution in [0.4, 0.5) is 0 Å². The summed E-state index contributed by atoms with van der Waals surface area (Å²) in [5.74, 6) is -0.120. The maximum Gasteiger partial charge on any atom is 0.220 e. The van der Waals surface area contributed by atoms with E-state index in [4.69, 9.17) is 17.2 Å². The van der Waals surface area contributed by atoms with Gasteiger partial charge in [0.25, 0.3) is 0 Å². The molecular formula is C3H9N5S4. The molecule has 1 atom stereocenters. The summed E-state index contributed by atoms with van der Waals surface area (Å²) in [5.41, 5.74) is 15.4. The molecule has 5 nitrogen and oxygen atoms in total. The molecule has 0 fully saturated rings. The minimum Gasteiger partial charge on any atom is -0.370 e. The van der Waals surface area contributed by atoms with E-state index in [9.17, 15) is 0 Å². The Kier molecular flexibility index (Phi) is 6.71. The van der Waals surface area contributed by atoms with Gasteiger partial charge in [0.05, 0.1) is 0 Å². The highest BCUT2D eigenvalue weighted by Gasteiger charge is 2.00. The predicted molar refractivity (Wildman–Crippen MR) is 64.4 cm³/mol. The van der Waals surface area contributed by atoms with Gasteiger partial charge in [-0.2, -0.15) is 4.99 Å². The van der Waals surface area contributed by atoms with Crippen molar-refractivity contribution < 1.29 is 0 Å². The van der Waals surface area contributed by atoms with Crippen molar-refractivity contribution in [3.05, 3.63) is 0 Å². The predicted octanol–water partition coefficient (Wildman–Crippen LogP) is 0.0141. The Labute approximate surface area is 88.6 Å². The molecule has 0 saturated carbocycles. The number of nitrogens with two attached hydrogens (primary N) is 3. The average Bonchev–Trinajstić information content (AvgIpc) is 1.84. The van der Waals surface area contributed by atoms with Crippen LogP contribution in [0.25, 0.3) is 0 Å². The van der Waals surface area contributed by atoms with Crippen LogP contribution in [0, 0.1) is 0 Å². The number of rotatable bonds is 3. The van der Waals surface area contributed by atoms with Crippen molar-refractivity contribution in [1.82, 2.24) is 0 Å². The summed E-state index contributed by atoms with van der Waals surface area (Å²) in [4.78, 5) is 7.31. The monoisotopic (exact) mass is 243 g/mol. The van der Waals surface area contributed by atoms with Crippen LogP contribution >= 0.6 is 44.9 Å². The Bertz CT molecular complexity index is 187. The first kappa shape index (κ1) is 12.1. The van der Waals surface area contributed by atoms with Gasteiger partial charge in [0, 0.05) is 0 Å². The highest BCUT2D eigenvalue weighted by atomic mass is 33.5. The lowest BCUT2D eigenvalue weighted by atomic mass is 10.9. The summed E-state index contributed by atoms with van der Waals surface area (Å²) in [6.45, 7) is 0. The molecule has 12 heavy (non-hydrogen) atoms. The van der Waals surface area contributed by atoms with Crippen molar-refractivity contribution in [2.24, 2.45) is 27.2 Å². The molecule has 6 N–H and O–H groups in total. The molecule has 0 aromatic heterocycles. The number of nitrogens with zero attached hydrogens (tertiary/aromatic N) is 2. The lowest BCUT2D eigenvalue weighted by Crippen LogP contribution is -2.26. The van der Waals surface area contributed by atoms with Crippen LogP contribution in [0.15, 0.2) is 9.98 Å². The fraction of sp³-hybridized carbons (Fsp3) is 0.333. The second kappa shape index (κ2) is 6.63. The maximum absolute atomic E-state index is 5.31. The van der Waals surface area contributed by atoms with E-state index in [0.29, 0.717) is 0 Å². The average molecular weight is 243 g/mol. The molecule has 0 saturated heterocycles. The zero-order valence-corrected chi connectivity index (χ0v) is 9.34. The summed E-state index contributed by atoms with van der Waals surface area (Å²) in [6, 6.07) is 0. The normalized spacial score (nSPS) is 14.0. The quantitative estimate of drug-likeness (QED) is 0.158. The van der Waals surface area contributed by atoms with Crippen LogP contribution in [-0.4, -0.2) is 16.6 Å². The molecule has 0 amide bonds. The molecule has 0 aliphatic carbocycles. The van der Waals surface area contributed by atoms with E-state index < -0.39 is 0 Å². The van der Waals surface area contributed by atoms with E-state index in [1.54, 1.807) is 0 Å². The Hall–Kier alpha value is 0.140. The van der Waals surface area contributed by atoms with Gasteiger partial charge in [-0.05, 0) is 20.6 Å². The molecule has 0 rings (SSSR count). The highest BCUT2D eigenvalue weighted by Crippen LogP contribution is 2.32. The maximum atomic E-state index is 5.31. The van der Waals surface area contributed by atoms with Gasteiger partial charge in [0.1, 0.15) is 0 Å². The molecule has 0 aromatic rings. The van der Waals surface area contributed by atoms with Crippen molar-refractivity contribution in [2.45, 2.75) is 4.71 Å². The van der Waals surface area contributed by atoms with E-state index in [1.807, 2.05) is 0 Å². The molecule has 70 valence electrons. The third-order valence-corrected chi connectivity index (χ3v) is 3.42. The molecule has 0 aliphatic rings. The van der Waals surface area contributed by atoms with Crippen LogP contribution < -0.4 is 17.2 Å². The van der Waals surface area contributed by atoms with Gasteiger partial charge in [0.15, 0.2) is 10.7 Å². The van der Waals surface area contributed by atoms with Gasteiger partial charge in [-0.3, -0.25) is 0 Å². The lowest BCUT2D eigenvalue weighted by Gasteiger charge is -2.00. The van der Waals surface area contributed by atoms with Crippen molar-refractivity contribution in [3.63, 3.8) is 0 Å². The van der Waals surface area contributed by atoms with E-state index in [0.717, 1.165) is 0 Å². The molecule has 0 aromatic carbocycles. The van der Waals surface area contributed by atoms with Crippen molar-refractivity contribution >= 4 is 56.8 Å². The Balaban J connectivity index is 4.06. The van der Waals surface area contributed by atoms with E-state index in [1.165, 1.54) is 20.6 Å². The summed E-state index contributed by atoms with van der Waals surface area (Å²) >= 11 is 7.93. The van der Waals surface area contributed by atoms with Crippen LogP contribution in [0.2, 0.25) is 0 Å². The van der Waals surface area contributed by atoms with Crippen LogP contribution in [0.1, 0.15) is 0 Å². The number of aliphatic imine (C=N–C) groups is 2. The number of hydrogen-bond acceptors (Lipinski definition) is 5. The molecule has 0 aliphatic heterocycles. The molecular weight excluding hydrogens is 234 g/mol. The first-order chi connectivity index (χ1) is 5.56. The third-order valence-electron chi connectivity index (χ3n) is 0.615. The lowest BCUT2D eigenvalue weighted by molar-refractivity contribution is 1.26. The first-order valence-corrected chi connectivity index (χ1v) is 6.42. The minimum absolute atomic E-state index is 0.00452. The van der Waals surface area contributed by atoms with E-state index in [2.05, 4.69) is 34.3 Å². The second-order valence-corrected chi connectivity index (χ2v) is 5.51. The molecule has 0 bridgehead atoms. The SMILES string of the molecule is NC(N)=NC(N)=NC(S)SSS. The standard InChI is InChI=1S/C3H9N5S4/c4-1(5)7-2(6)8-3(9)11-12-10/h3,9-10H,(H6,4,5,6,7,8). The van der Waals surface area contributed by atoms with Gasteiger partial charge in [-0.15, -0.1) is 12.6 Å². The second-order valence-electron chi connectivity index (χ2n) is 1.52. The Morgan fingerprint density at radius 3 is 2.33 bits per heavy atom. The summed E-state index contributed by atoms with van der Waals surface area (Å²) in [6.07, 6.45) is 0. The summed E-state index contributed by atoms with van der Waals surface area (Å²) in [7, 11) is 2.55. The van der Waals surface area contributed by atoms with Gasteiger partial charge < -0.3 is 17.2 Å². The molecule has 0 spiro atoms. The van der Waals surface area contributed by atoms with Gasteiger partial charge >= 0.3 is 0 Å². The zero-order valence-electron chi connectivity index (χ0n) is 5.91. The minimum atomic E-state index is -0.324. The first-order valence-electron chi connectivity index (χ1n) is 2.64. The summed E-state index contributed by atoms with van der Waals surface area (Å²) in [5, 5.41) is 0. The zero-order chi connectivity index (χ0) is 9.56. The molecule has 0 heterocycles. The van der Waals surface area contributed by atoms with E-state index >= 15 is 0 Å². The van der Waals surface area contributed by atoms with Crippen molar-refractivity contribution in [1.29, 1.82) is 0 Å². The molecule has 9 heteroatoms. The van der Waals surface area contributed by atoms with E-state index in [-0.39, 0.29) is 16.6 Å². The van der Waals surface area contributed by atoms with Crippen LogP contribution in [0.5, 0.6) is 0 Å². The van der Waals surface area contributed by atoms with Crippen molar-refractivity contribution in [3.8, 4) is 0 Å². The molecule has 0 radical (unpaired) electrons. The summed E-state index contributed by atoms with van der Waals surface area (Å²) < 4.78 is -0.324. The van der Waals surface area contributed by atoms with Gasteiger partial charge in [0.2, 0.25) is 5.96 Å². The Morgan fingerprint density at radius 1 is 1.33 bits per heavy atom. The largest absolute Gasteiger partial charge is 0.370 e. The van der Waals surface area contributed by atoms with Gasteiger partial charge in [-0.1, -0.05) is 11.7 Å². The van der Waals surface area contributed by atoms with Gasteiger partial charge in [-0.25, -0.2) is 4.99 Å². The van der Waals surface area contributed by atoms with Crippen LogP contribution in [0.3, 0.4) is 0 Å². The topological polar surface area (TPSA) is 103 Å². The number of thiol groups is 2. The fourth-order valence-corrected chi connectivity index (χ4v) is 2.77. The van der Waals surface area contributed by atoms with Crippen molar-refractivity contribution in [2.75, 3.05) is 0 Å². The number of hydrogen-bond donors (Lipinski definition) is 5. The number of guanidine groups is 2. The smallest absolute Gasteiger partial charge is 0.220 e. The Morgan fingerprint density at radius 2 is 1.92 bits per heavy atom.